The molecule has 0 spiro atoms. The van der Waals surface area contributed by atoms with Crippen molar-refractivity contribution in [2.24, 2.45) is 5.92 Å². The molecular formula is C19H21NO3. The molecule has 1 N–H and O–H groups in total. The van der Waals surface area contributed by atoms with Gasteiger partial charge in [0.1, 0.15) is 5.75 Å². The smallest absolute Gasteiger partial charge is 0.223 e. The molecule has 0 radical (unpaired) electrons. The van der Waals surface area contributed by atoms with Gasteiger partial charge in [-0.1, -0.05) is 6.07 Å². The van der Waals surface area contributed by atoms with Crippen molar-refractivity contribution in [3.63, 3.8) is 0 Å². The molecule has 1 amide bonds. The average molecular weight is 311 g/mol. The van der Waals surface area contributed by atoms with Crippen LogP contribution in [0.5, 0.6) is 5.75 Å². The SMILES string of the molecule is COc1ccc2cc(C(C)=O)cc(CCNC(=O)C3CC3)c2c1. The maximum Gasteiger partial charge on any atom is 0.223 e. The van der Waals surface area contributed by atoms with E-state index in [-0.39, 0.29) is 17.6 Å². The third-order valence-corrected chi connectivity index (χ3v) is 4.30. The maximum atomic E-state index is 11.7. The highest BCUT2D eigenvalue weighted by Crippen LogP contribution is 2.29. The molecule has 0 aromatic heterocycles. The molecule has 0 saturated heterocycles. The summed E-state index contributed by atoms with van der Waals surface area (Å²) in [7, 11) is 1.64. The number of rotatable bonds is 6. The zero-order valence-corrected chi connectivity index (χ0v) is 13.5. The molecule has 120 valence electrons. The maximum absolute atomic E-state index is 11.7. The van der Waals surface area contributed by atoms with Gasteiger partial charge >= 0.3 is 0 Å². The second kappa shape index (κ2) is 6.41. The van der Waals surface area contributed by atoms with Gasteiger partial charge in [0.25, 0.3) is 0 Å². The Balaban J connectivity index is 1.87. The molecule has 0 unspecified atom stereocenters. The van der Waals surface area contributed by atoms with Crippen LogP contribution in [0.2, 0.25) is 0 Å². The van der Waals surface area contributed by atoms with Crippen molar-refractivity contribution in [2.45, 2.75) is 26.2 Å². The minimum Gasteiger partial charge on any atom is -0.497 e. The summed E-state index contributed by atoms with van der Waals surface area (Å²) in [5.74, 6) is 1.20. The van der Waals surface area contributed by atoms with Crippen molar-refractivity contribution in [1.82, 2.24) is 5.32 Å². The van der Waals surface area contributed by atoms with E-state index in [2.05, 4.69) is 5.32 Å². The molecule has 3 rings (SSSR count). The van der Waals surface area contributed by atoms with Crippen LogP contribution in [0.3, 0.4) is 0 Å². The van der Waals surface area contributed by atoms with Crippen LogP contribution in [0.1, 0.15) is 35.7 Å². The molecule has 4 heteroatoms. The van der Waals surface area contributed by atoms with Crippen molar-refractivity contribution in [2.75, 3.05) is 13.7 Å². The first-order valence-electron chi connectivity index (χ1n) is 7.98. The minimum atomic E-state index is 0.0472. The number of nitrogens with one attached hydrogen (secondary N) is 1. The van der Waals surface area contributed by atoms with E-state index in [1.165, 1.54) is 0 Å². The number of methoxy groups -OCH3 is 1. The van der Waals surface area contributed by atoms with Gasteiger partial charge in [-0.15, -0.1) is 0 Å². The summed E-state index contributed by atoms with van der Waals surface area (Å²) in [6.07, 6.45) is 2.71. The van der Waals surface area contributed by atoms with Gasteiger partial charge < -0.3 is 10.1 Å². The van der Waals surface area contributed by atoms with Crippen LogP contribution >= 0.6 is 0 Å². The van der Waals surface area contributed by atoms with Crippen LogP contribution in [0.15, 0.2) is 30.3 Å². The standard InChI is InChI=1S/C19H21NO3/c1-12(21)16-9-14-5-6-17(23-2)11-18(14)15(10-16)7-8-20-19(22)13-3-4-13/h5-6,9-11,13H,3-4,7-8H2,1-2H3,(H,20,22). The van der Waals surface area contributed by atoms with Crippen molar-refractivity contribution < 1.29 is 14.3 Å². The number of carbonyl (C=O) groups excluding carboxylic acids is 2. The van der Waals surface area contributed by atoms with E-state index >= 15 is 0 Å². The number of hydrogen-bond acceptors (Lipinski definition) is 3. The molecule has 1 aliphatic carbocycles. The first-order chi connectivity index (χ1) is 11.1. The van der Waals surface area contributed by atoms with Crippen molar-refractivity contribution >= 4 is 22.5 Å². The Morgan fingerprint density at radius 1 is 1.22 bits per heavy atom. The number of Topliss-reactive ketones (excluding diaryl/α,β-unsaturated/α-hetero) is 1. The van der Waals surface area contributed by atoms with Crippen LogP contribution in [-0.2, 0) is 11.2 Å². The van der Waals surface area contributed by atoms with E-state index in [1.807, 2.05) is 30.3 Å². The number of carbonyl (C=O) groups is 2. The van der Waals surface area contributed by atoms with Crippen LogP contribution in [0, 0.1) is 5.92 Å². The van der Waals surface area contributed by atoms with E-state index < -0.39 is 0 Å². The number of amides is 1. The zero-order valence-electron chi connectivity index (χ0n) is 13.5. The van der Waals surface area contributed by atoms with Crippen LogP contribution in [0.25, 0.3) is 10.8 Å². The Bertz CT molecular complexity index is 763. The van der Waals surface area contributed by atoms with Crippen molar-refractivity contribution in [3.05, 3.63) is 41.5 Å². The predicted molar refractivity (Wildman–Crippen MR) is 89.9 cm³/mol. The lowest BCUT2D eigenvalue weighted by Gasteiger charge is -2.11. The summed E-state index contributed by atoms with van der Waals surface area (Å²) in [4.78, 5) is 23.5. The molecule has 0 bridgehead atoms. The van der Waals surface area contributed by atoms with Gasteiger partial charge in [-0.25, -0.2) is 0 Å². The van der Waals surface area contributed by atoms with E-state index in [9.17, 15) is 9.59 Å². The van der Waals surface area contributed by atoms with Crippen LogP contribution < -0.4 is 10.1 Å². The minimum absolute atomic E-state index is 0.0472. The third-order valence-electron chi connectivity index (χ3n) is 4.30. The lowest BCUT2D eigenvalue weighted by Crippen LogP contribution is -2.27. The highest BCUT2D eigenvalue weighted by atomic mass is 16.5. The molecule has 1 aliphatic rings. The fourth-order valence-corrected chi connectivity index (χ4v) is 2.76. The molecule has 1 saturated carbocycles. The van der Waals surface area contributed by atoms with Gasteiger partial charge in [0, 0.05) is 18.0 Å². The summed E-state index contributed by atoms with van der Waals surface area (Å²) in [5, 5.41) is 5.06. The summed E-state index contributed by atoms with van der Waals surface area (Å²) in [6.45, 7) is 2.16. The Hall–Kier alpha value is -2.36. The lowest BCUT2D eigenvalue weighted by atomic mass is 9.97. The number of ketones is 1. The average Bonchev–Trinajstić information content (AvgIpc) is 3.38. The molecular weight excluding hydrogens is 290 g/mol. The second-order valence-corrected chi connectivity index (χ2v) is 6.09. The number of benzene rings is 2. The van der Waals surface area contributed by atoms with Crippen molar-refractivity contribution in [3.8, 4) is 5.75 Å². The highest BCUT2D eigenvalue weighted by Gasteiger charge is 2.29. The normalized spacial score (nSPS) is 13.8. The summed E-state index contributed by atoms with van der Waals surface area (Å²) >= 11 is 0. The van der Waals surface area contributed by atoms with E-state index in [1.54, 1.807) is 14.0 Å². The van der Waals surface area contributed by atoms with E-state index in [0.717, 1.165) is 34.9 Å². The Labute approximate surface area is 135 Å². The molecule has 23 heavy (non-hydrogen) atoms. The molecule has 0 heterocycles. The lowest BCUT2D eigenvalue weighted by molar-refractivity contribution is -0.122. The van der Waals surface area contributed by atoms with Crippen LogP contribution in [-0.4, -0.2) is 25.3 Å². The monoisotopic (exact) mass is 311 g/mol. The number of ether oxygens (including phenoxy) is 1. The third kappa shape index (κ3) is 3.52. The quantitative estimate of drug-likeness (QED) is 0.834. The summed E-state index contributed by atoms with van der Waals surface area (Å²) in [5.41, 5.74) is 1.76. The highest BCUT2D eigenvalue weighted by molar-refractivity contribution is 6.00. The first-order valence-corrected chi connectivity index (χ1v) is 7.98. The fraction of sp³-hybridized carbons (Fsp3) is 0.368. The largest absolute Gasteiger partial charge is 0.497 e. The van der Waals surface area contributed by atoms with Gasteiger partial charge in [-0.3, -0.25) is 9.59 Å². The van der Waals surface area contributed by atoms with Gasteiger partial charge in [-0.05, 0) is 66.8 Å². The predicted octanol–water partition coefficient (Wildman–Crippen LogP) is 3.12. The molecule has 4 nitrogen and oxygen atoms in total. The van der Waals surface area contributed by atoms with Crippen LogP contribution in [0.4, 0.5) is 0 Å². The van der Waals surface area contributed by atoms with Gasteiger partial charge in [0.15, 0.2) is 5.78 Å². The van der Waals surface area contributed by atoms with E-state index in [0.29, 0.717) is 18.5 Å². The second-order valence-electron chi connectivity index (χ2n) is 6.09. The van der Waals surface area contributed by atoms with E-state index in [4.69, 9.17) is 4.74 Å². The number of fused-ring (bicyclic) bond motifs is 1. The molecule has 2 aromatic rings. The molecule has 2 aromatic carbocycles. The van der Waals surface area contributed by atoms with Crippen molar-refractivity contribution in [1.29, 1.82) is 0 Å². The molecule has 0 atom stereocenters. The topological polar surface area (TPSA) is 55.4 Å². The Morgan fingerprint density at radius 2 is 2.00 bits per heavy atom. The zero-order chi connectivity index (χ0) is 16.4. The fourth-order valence-electron chi connectivity index (χ4n) is 2.76. The molecule has 0 aliphatic heterocycles. The van der Waals surface area contributed by atoms with Gasteiger partial charge in [0.05, 0.1) is 7.11 Å². The molecule has 1 fully saturated rings. The summed E-state index contributed by atoms with van der Waals surface area (Å²) in [6, 6.07) is 9.67. The number of hydrogen-bond donors (Lipinski definition) is 1. The Morgan fingerprint density at radius 3 is 2.65 bits per heavy atom. The first kappa shape index (κ1) is 15.5. The van der Waals surface area contributed by atoms with Gasteiger partial charge in [-0.2, -0.15) is 0 Å². The Kier molecular flexibility index (Phi) is 4.33. The summed E-state index contributed by atoms with van der Waals surface area (Å²) < 4.78 is 5.30. The van der Waals surface area contributed by atoms with Gasteiger partial charge in [0.2, 0.25) is 5.91 Å².